The van der Waals surface area contributed by atoms with Crippen LogP contribution in [0, 0.1) is 105 Å². The molecular formula is C72H75Cl5F9N21O16S. The molecule has 2 aliphatic rings. The molecule has 1 fully saturated rings. The molecule has 0 unspecified atom stereocenters. The van der Waals surface area contributed by atoms with Crippen LogP contribution in [0.2, 0.25) is 25.1 Å². The predicted octanol–water partition coefficient (Wildman–Crippen LogP) is 15.7. The SMILES string of the molecule is CON1C(=O)CCC1=O.CON=C(C)C.COc1c(Cl)c(Cl)c(Cl)c(Cl)c1Cl.COc1c(F)c(F)c(F)c(F)c1F.COc1c(F)c(F)cc(F)c1F.COc1ccc([N+](=O)[O-])cc1.COc1ccc([N+](=O)[O-])cc1[N+](=O)[O-].COn1nnc2ccccc21.CSC1=NCCC1.Cn1ccnc1.Cn1ccnn1.Cn1cnc(C#N)c1C#N.Cn1cncn1. The predicted molar refractivity (Wildman–Crippen MR) is 436 cm³/mol. The average molecular weight is 1870 g/mol. The lowest BCUT2D eigenvalue weighted by Gasteiger charge is -2.10. The van der Waals surface area contributed by atoms with Gasteiger partial charge in [-0.2, -0.15) is 38.2 Å². The third kappa shape index (κ3) is 36.2. The number of nitro groups is 3. The van der Waals surface area contributed by atoms with Crippen LogP contribution in [0.25, 0.3) is 11.0 Å². The number of methoxy groups -OCH3 is 5. The van der Waals surface area contributed by atoms with E-state index in [1.54, 1.807) is 78.7 Å². The van der Waals surface area contributed by atoms with Crippen molar-refractivity contribution in [3.05, 3.63) is 242 Å². The number of ether oxygens (including phenoxy) is 5. The van der Waals surface area contributed by atoms with Gasteiger partial charge >= 0.3 is 5.69 Å². The lowest BCUT2D eigenvalue weighted by molar-refractivity contribution is -0.394. The van der Waals surface area contributed by atoms with Crippen molar-refractivity contribution in [3.8, 4) is 40.9 Å². The highest BCUT2D eigenvalue weighted by Crippen LogP contribution is 2.48. The maximum absolute atomic E-state index is 12.6. The zero-order chi connectivity index (χ0) is 94.0. The van der Waals surface area contributed by atoms with E-state index in [9.17, 15) is 79.4 Å². The normalized spacial score (nSPS) is 10.8. The fraction of sp³-hybridized carbons (Fsp3) is 0.278. The van der Waals surface area contributed by atoms with E-state index >= 15 is 0 Å². The van der Waals surface area contributed by atoms with Crippen molar-refractivity contribution in [1.82, 2.24) is 69.1 Å². The molecule has 52 heteroatoms. The van der Waals surface area contributed by atoms with E-state index in [0.717, 1.165) is 54.7 Å². The van der Waals surface area contributed by atoms with Gasteiger partial charge in [0.15, 0.2) is 46.0 Å². The minimum atomic E-state index is -2.20. The molecule has 0 bridgehead atoms. The summed E-state index contributed by atoms with van der Waals surface area (Å²) < 4.78 is 141. The van der Waals surface area contributed by atoms with Gasteiger partial charge < -0.3 is 42.5 Å². The lowest BCUT2D eigenvalue weighted by atomic mass is 10.2. The lowest BCUT2D eigenvalue weighted by Crippen LogP contribution is -2.27. The topological polar surface area (TPSA) is 441 Å². The Labute approximate surface area is 728 Å². The summed E-state index contributed by atoms with van der Waals surface area (Å²) in [5.74, 6) is -18.2. The number of halogens is 14. The van der Waals surface area contributed by atoms with Crippen LogP contribution < -0.4 is 28.5 Å². The standard InChI is InChI=1S/C7H3Cl5O.C7H3F5O.C7H4F4O.C7H7N3O.C7H6N2O5.C7H7NO3.C6H4N4.C5H7NO3.C5H9NS.C4H6N2.C4H9NO.2C3H5N3/c2*1-13-7-5(11)3(9)2(8)4(10)6(7)12;1-12-7-5(10)3(8)2-4(9)6(7)11;1-11-10-7-5-3-2-4-6(7)8-9-10;1-14-7-3-2-5(8(10)11)4-6(7)9(12)13;1-11-7-4-2-6(3-5-7)8(9)10;1-10-4-9-5(2-7)6(10)3-8;1-9-6-4(7)2-3-5(6)8;1-7-5-3-2-4-6-5;1-6-3-2-5-4-6;1-4(2)5-6-3;1-6-3-4-2-5-6;1-6-3-2-4-5-6/h2*1H3;2H,1H3;2-5H,1H3;2-4H,1H3;2-5H,1H3;4H,1H3;2-3H2,1H3;2-4H2,1H3;2-4H,1H3;1-3H3;2*2-3H,1H3. The van der Waals surface area contributed by atoms with Crippen molar-refractivity contribution in [1.29, 1.82) is 10.5 Å². The zero-order valence-electron chi connectivity index (χ0n) is 67.7. The molecule has 2 amide bonds. The number of imidazole rings is 2. The van der Waals surface area contributed by atoms with Gasteiger partial charge in [0.05, 0.1) is 108 Å². The quantitative estimate of drug-likeness (QED) is 0.0221. The van der Waals surface area contributed by atoms with Crippen LogP contribution >= 0.6 is 69.8 Å². The molecule has 0 atom stereocenters. The van der Waals surface area contributed by atoms with Crippen molar-refractivity contribution in [3.63, 3.8) is 0 Å². The summed E-state index contributed by atoms with van der Waals surface area (Å²) in [6.07, 6.45) is 18.5. The molecule has 124 heavy (non-hydrogen) atoms. The number of para-hydroxylation sites is 1. The van der Waals surface area contributed by atoms with Crippen molar-refractivity contribution >= 4 is 120 Å². The largest absolute Gasteiger partial charge is 0.497 e. The average Bonchev–Trinajstić information content (AvgIpc) is 1.19. The molecule has 0 radical (unpaired) electrons. The number of nitriles is 2. The first-order chi connectivity index (χ1) is 58.7. The molecule has 11 aromatic rings. The first kappa shape index (κ1) is 109. The summed E-state index contributed by atoms with van der Waals surface area (Å²) in [6.45, 7) is 4.82. The minimum Gasteiger partial charge on any atom is -0.497 e. The highest BCUT2D eigenvalue weighted by Gasteiger charge is 2.30. The molecule has 668 valence electrons. The molecular weight excluding hydrogens is 1800 g/mol. The molecule has 0 N–H and O–H groups in total. The van der Waals surface area contributed by atoms with E-state index in [1.165, 1.54) is 93.7 Å². The first-order valence-corrected chi connectivity index (χ1v) is 36.8. The van der Waals surface area contributed by atoms with Gasteiger partial charge in [0, 0.05) is 90.4 Å². The number of nitro benzene ring substituents is 3. The molecule has 0 aliphatic carbocycles. The Hall–Kier alpha value is -13.2. The number of hydrogen-bond acceptors (Lipinski definition) is 29. The molecule has 7 heterocycles. The number of carbonyl (C=O) groups is 2. The van der Waals surface area contributed by atoms with Crippen LogP contribution in [-0.4, -0.2) is 176 Å². The van der Waals surface area contributed by atoms with Gasteiger partial charge in [-0.05, 0) is 68.5 Å². The Kier molecular flexibility index (Phi) is 50.8. The van der Waals surface area contributed by atoms with Crippen LogP contribution in [0.1, 0.15) is 50.9 Å². The number of aryl methyl sites for hydroxylation is 4. The number of aliphatic imine (C=N–C) groups is 1. The summed E-state index contributed by atoms with van der Waals surface area (Å²) >= 11 is 30.6. The Bertz CT molecular complexity index is 5130. The first-order valence-electron chi connectivity index (χ1n) is 33.6. The summed E-state index contributed by atoms with van der Waals surface area (Å²) in [5, 5.41) is 72.6. The molecule has 0 spiro atoms. The van der Waals surface area contributed by atoms with Crippen molar-refractivity contribution < 1.29 is 102 Å². The summed E-state index contributed by atoms with van der Waals surface area (Å²) in [5.41, 5.74) is 2.49. The van der Waals surface area contributed by atoms with E-state index in [0.29, 0.717) is 11.4 Å². The van der Waals surface area contributed by atoms with Gasteiger partial charge in [0.1, 0.15) is 65.8 Å². The molecule has 2 aliphatic heterocycles. The molecule has 37 nitrogen and oxygen atoms in total. The van der Waals surface area contributed by atoms with Crippen LogP contribution in [0.4, 0.5) is 56.6 Å². The zero-order valence-corrected chi connectivity index (χ0v) is 72.3. The number of aromatic nitrogens is 13. The number of carbonyl (C=O) groups excluding carboxylic acids is 2. The molecule has 0 saturated carbocycles. The summed E-state index contributed by atoms with van der Waals surface area (Å²) in [6, 6.07) is 20.5. The minimum absolute atomic E-state index is 0.000556. The molecule has 1 saturated heterocycles. The van der Waals surface area contributed by atoms with E-state index in [4.69, 9.17) is 82.8 Å². The Balaban J connectivity index is 0.000000678. The second kappa shape index (κ2) is 57.9. The number of non-ortho nitro benzene ring substituents is 2. The van der Waals surface area contributed by atoms with Crippen LogP contribution in [0.3, 0.4) is 0 Å². The Morgan fingerprint density at radius 3 is 1.45 bits per heavy atom. The van der Waals surface area contributed by atoms with E-state index in [-0.39, 0.29) is 84.4 Å². The van der Waals surface area contributed by atoms with Gasteiger partial charge in [-0.3, -0.25) is 59.1 Å². The smallest absolute Gasteiger partial charge is 0.317 e. The highest BCUT2D eigenvalue weighted by atomic mass is 35.5. The molecule has 5 aromatic heterocycles. The third-order valence-electron chi connectivity index (χ3n) is 13.8. The third-order valence-corrected chi connectivity index (χ3v) is 16.8. The fourth-order valence-corrected chi connectivity index (χ4v) is 9.85. The Morgan fingerprint density at radius 1 is 0.573 bits per heavy atom. The highest BCUT2D eigenvalue weighted by molar-refractivity contribution is 8.13. The maximum atomic E-state index is 12.6. The number of rotatable bonds is 11. The maximum Gasteiger partial charge on any atom is 0.317 e. The van der Waals surface area contributed by atoms with Gasteiger partial charge in [-0.1, -0.05) is 85.4 Å². The molecule has 6 aromatic carbocycles. The van der Waals surface area contributed by atoms with Gasteiger partial charge in [0.2, 0.25) is 40.7 Å². The number of benzene rings is 6. The second-order valence-electron chi connectivity index (χ2n) is 22.4. The van der Waals surface area contributed by atoms with E-state index in [2.05, 4.69) is 81.0 Å². The number of hydrogen-bond donors (Lipinski definition) is 0. The van der Waals surface area contributed by atoms with Crippen LogP contribution in [-0.2, 0) is 47.5 Å². The van der Waals surface area contributed by atoms with Gasteiger partial charge in [-0.25, -0.2) is 36.9 Å². The fourth-order valence-electron chi connectivity index (χ4n) is 8.01. The number of fused-ring (bicyclic) bond motifs is 1. The van der Waals surface area contributed by atoms with Gasteiger partial charge in [0.25, 0.3) is 23.2 Å². The number of hydroxylamine groups is 2. The second-order valence-corrected chi connectivity index (χ2v) is 25.2. The van der Waals surface area contributed by atoms with E-state index in [1.807, 2.05) is 82.2 Å². The van der Waals surface area contributed by atoms with Gasteiger partial charge in [-0.15, -0.1) is 22.0 Å². The number of imide groups is 1. The monoisotopic (exact) mass is 1870 g/mol. The summed E-state index contributed by atoms with van der Waals surface area (Å²) in [4.78, 5) is 80.8. The number of amides is 2. The van der Waals surface area contributed by atoms with E-state index < -0.39 is 84.3 Å². The Morgan fingerprint density at radius 2 is 1.11 bits per heavy atom. The van der Waals surface area contributed by atoms with Crippen molar-refractivity contribution in [2.24, 2.45) is 38.3 Å². The number of nitrogens with zero attached hydrogens (tertiary/aromatic N) is 21. The molecule has 13 rings (SSSR count). The van der Waals surface area contributed by atoms with Crippen molar-refractivity contribution in [2.45, 2.75) is 39.5 Å². The summed E-state index contributed by atoms with van der Waals surface area (Å²) in [7, 11) is 17.6. The van der Waals surface area contributed by atoms with Crippen LogP contribution in [0.15, 0.2) is 133 Å². The number of oxime groups is 1. The number of thioether (sulfide) groups is 1. The van der Waals surface area contributed by atoms with Crippen molar-refractivity contribution in [2.75, 3.05) is 69.7 Å². The van der Waals surface area contributed by atoms with Crippen LogP contribution in [0.5, 0.6) is 28.7 Å².